The maximum absolute atomic E-state index is 6.61. The monoisotopic (exact) mass is 1600 g/mol. The Kier molecular flexibility index (Phi) is 17.3. The number of fused-ring (bicyclic) bond motifs is 17. The first kappa shape index (κ1) is 72.0. The molecule has 125 heavy (non-hydrogen) atoms. The Morgan fingerprint density at radius 1 is 0.168 bits per heavy atom. The lowest BCUT2D eigenvalue weighted by Crippen LogP contribution is -2.01. The second kappa shape index (κ2) is 30.0. The number of nitrogens with zero attached hydrogens (tertiary/aromatic N) is 10. The van der Waals surface area contributed by atoms with Crippen LogP contribution in [0.4, 0.5) is 0 Å². The molecule has 0 N–H and O–H groups in total. The van der Waals surface area contributed by atoms with E-state index in [4.69, 9.17) is 34.3 Å². The van der Waals surface area contributed by atoms with E-state index in [1.807, 2.05) is 97.1 Å². The van der Waals surface area contributed by atoms with Gasteiger partial charge >= 0.3 is 0 Å². The van der Waals surface area contributed by atoms with Crippen molar-refractivity contribution in [2.75, 3.05) is 0 Å². The molecule has 11 nitrogen and oxygen atoms in total. The third-order valence-corrected chi connectivity index (χ3v) is 24.3. The van der Waals surface area contributed by atoms with Crippen LogP contribution < -0.4 is 0 Å². The quantitative estimate of drug-likeness (QED) is 0.113. The van der Waals surface area contributed by atoms with Crippen molar-refractivity contribution in [1.29, 1.82) is 0 Å². The van der Waals surface area contributed by atoms with E-state index in [-0.39, 0.29) is 0 Å². The third kappa shape index (κ3) is 12.4. The zero-order valence-corrected chi connectivity index (χ0v) is 67.4. The summed E-state index contributed by atoms with van der Waals surface area (Å²) in [6, 6.07) is 154. The number of rotatable bonds is 13. The van der Waals surface area contributed by atoms with Crippen LogP contribution in [0.2, 0.25) is 0 Å². The van der Waals surface area contributed by atoms with Gasteiger partial charge in [-0.05, 0) is 143 Å². The van der Waals surface area contributed by atoms with Crippen molar-refractivity contribution in [2.45, 2.75) is 0 Å². The van der Waals surface area contributed by atoms with Crippen LogP contribution in [0.3, 0.4) is 0 Å². The van der Waals surface area contributed by atoms with E-state index in [1.54, 1.807) is 0 Å². The highest BCUT2D eigenvalue weighted by Gasteiger charge is 2.27. The summed E-state index contributed by atoms with van der Waals surface area (Å²) in [7, 11) is 0. The number of hydrogen-bond donors (Lipinski definition) is 0. The molecule has 7 aromatic heterocycles. The molecule has 25 rings (SSSR count). The van der Waals surface area contributed by atoms with Crippen molar-refractivity contribution < 1.29 is 4.42 Å². The summed E-state index contributed by atoms with van der Waals surface area (Å²) >= 11 is 0. The standard InChI is InChI=1S/C63H41N5.C51H31N5O/c1-4-17-42(18-5-1)46-23-14-24-47(39-46)44-33-35-51(36-34-44)67-57-32-13-11-30-55(57)59-58(67)38-37-54-53-29-10-12-31-56(53)68(60(54)59)52-28-16-27-50(41-52)63-65-61(45-21-8-3-9-22-45)64-62(66-63)49-26-15-25-48(40-49)43-19-6-2-7-20-43;1-3-14-32(15-4-1)49-52-50(33-16-5-2-6-17-33)54-51(53-49)34-26-28-35(29-27-34)55-41-22-10-7-18-36(41)38-30-31-43-46(47(38)55)40-20-8-11-23-42(40)56(43)44-24-13-21-39-37-19-9-12-25-45(37)57-48(39)44/h1-41H;1-31H. The lowest BCUT2D eigenvalue weighted by atomic mass is 9.99. The molecule has 0 atom stereocenters. The molecule has 584 valence electrons. The van der Waals surface area contributed by atoms with Gasteiger partial charge in [-0.2, -0.15) is 0 Å². The van der Waals surface area contributed by atoms with Crippen LogP contribution in [0.15, 0.2) is 441 Å². The summed E-state index contributed by atoms with van der Waals surface area (Å²) in [4.78, 5) is 30.4. The SMILES string of the molecule is c1ccc(-c2cccc(-c3ccc(-n4c5ccccc5c5c4ccc4c6ccccc6n(-c6cccc(-c7nc(-c8ccccc8)nc(-c8cccc(-c9ccccc9)c8)n7)c6)c45)cc3)c2)cc1.c1ccc(-c2nc(-c3ccccc3)nc(-c3ccc(-n4c5ccccc5c5ccc6c(c7ccccc7n6-c6cccc7c6oc6ccccc67)c54)cc3)n2)cc1. The zero-order valence-electron chi connectivity index (χ0n) is 67.4. The van der Waals surface area contributed by atoms with E-state index in [0.29, 0.717) is 34.9 Å². The number of aromatic nitrogens is 10. The normalized spacial score (nSPS) is 11.7. The van der Waals surface area contributed by atoms with Gasteiger partial charge < -0.3 is 22.7 Å². The molecule has 11 heteroatoms. The van der Waals surface area contributed by atoms with Gasteiger partial charge in [-0.3, -0.25) is 0 Å². The Labute approximate surface area is 718 Å². The van der Waals surface area contributed by atoms with Gasteiger partial charge in [-0.1, -0.05) is 328 Å². The van der Waals surface area contributed by atoms with E-state index >= 15 is 0 Å². The van der Waals surface area contributed by atoms with Gasteiger partial charge in [0.2, 0.25) is 0 Å². The van der Waals surface area contributed by atoms with E-state index in [0.717, 1.165) is 133 Å². The summed E-state index contributed by atoms with van der Waals surface area (Å²) in [6.07, 6.45) is 0. The van der Waals surface area contributed by atoms with Gasteiger partial charge in [0.15, 0.2) is 40.5 Å². The summed E-state index contributed by atoms with van der Waals surface area (Å²) in [5.41, 5.74) is 27.7. The second-order valence-electron chi connectivity index (χ2n) is 31.6. The van der Waals surface area contributed by atoms with Crippen LogP contribution in [-0.2, 0) is 0 Å². The first-order valence-electron chi connectivity index (χ1n) is 42.1. The molecule has 0 radical (unpaired) electrons. The molecule has 7 heterocycles. The maximum atomic E-state index is 6.61. The predicted molar refractivity (Wildman–Crippen MR) is 513 cm³/mol. The average Bonchev–Trinajstić information content (AvgIpc) is 1.55. The fourth-order valence-corrected chi connectivity index (χ4v) is 18.6. The Morgan fingerprint density at radius 2 is 0.480 bits per heavy atom. The molecule has 18 aromatic carbocycles. The van der Waals surface area contributed by atoms with Gasteiger partial charge in [0.1, 0.15) is 5.58 Å². The highest BCUT2D eigenvalue weighted by molar-refractivity contribution is 6.28. The van der Waals surface area contributed by atoms with Gasteiger partial charge in [0, 0.05) is 104 Å². The predicted octanol–water partition coefficient (Wildman–Crippen LogP) is 29.0. The molecule has 0 amide bonds. The lowest BCUT2D eigenvalue weighted by Gasteiger charge is -2.13. The Hall–Kier alpha value is -17.0. The molecule has 0 spiro atoms. The van der Waals surface area contributed by atoms with Crippen molar-refractivity contribution in [3.05, 3.63) is 437 Å². The van der Waals surface area contributed by atoms with Crippen LogP contribution in [0, 0.1) is 0 Å². The highest BCUT2D eigenvalue weighted by atomic mass is 16.3. The molecule has 0 unspecified atom stereocenters. The van der Waals surface area contributed by atoms with Crippen LogP contribution in [0.25, 0.3) is 234 Å². The summed E-state index contributed by atoms with van der Waals surface area (Å²) in [5, 5.41) is 11.8. The average molecular weight is 1600 g/mol. The van der Waals surface area contributed by atoms with Crippen LogP contribution in [-0.4, -0.2) is 48.2 Å². The fourth-order valence-electron chi connectivity index (χ4n) is 18.6. The van der Waals surface area contributed by atoms with E-state index in [2.05, 4.69) is 358 Å². The van der Waals surface area contributed by atoms with Crippen molar-refractivity contribution in [3.63, 3.8) is 0 Å². The summed E-state index contributed by atoms with van der Waals surface area (Å²) < 4.78 is 16.2. The van der Waals surface area contributed by atoms with Gasteiger partial charge in [0.25, 0.3) is 0 Å². The minimum absolute atomic E-state index is 0.610. The van der Waals surface area contributed by atoms with Crippen molar-refractivity contribution in [1.82, 2.24) is 48.2 Å². The molecule has 0 aliphatic rings. The fraction of sp³-hybridized carbons (Fsp3) is 0. The minimum Gasteiger partial charge on any atom is -0.454 e. The third-order valence-electron chi connectivity index (χ3n) is 24.3. The number of furan rings is 1. The molecule has 0 saturated carbocycles. The van der Waals surface area contributed by atoms with Gasteiger partial charge in [-0.15, -0.1) is 0 Å². The van der Waals surface area contributed by atoms with Crippen LogP contribution in [0.5, 0.6) is 0 Å². The number of benzene rings is 18. The van der Waals surface area contributed by atoms with Crippen LogP contribution >= 0.6 is 0 Å². The minimum atomic E-state index is 0.610. The van der Waals surface area contributed by atoms with Crippen molar-refractivity contribution in [3.8, 4) is 124 Å². The zero-order chi connectivity index (χ0) is 82.4. The topological polar surface area (TPSA) is 110 Å². The molecule has 0 saturated heterocycles. The molecule has 0 fully saturated rings. The van der Waals surface area contributed by atoms with Crippen molar-refractivity contribution >= 4 is 109 Å². The molecule has 0 bridgehead atoms. The van der Waals surface area contributed by atoms with E-state index in [9.17, 15) is 0 Å². The largest absolute Gasteiger partial charge is 0.454 e. The highest BCUT2D eigenvalue weighted by Crippen LogP contribution is 2.47. The summed E-state index contributed by atoms with van der Waals surface area (Å²) in [5.74, 6) is 3.77. The number of para-hydroxylation sites is 6. The van der Waals surface area contributed by atoms with Gasteiger partial charge in [-0.25, -0.2) is 29.9 Å². The molecule has 25 aromatic rings. The van der Waals surface area contributed by atoms with Crippen molar-refractivity contribution in [2.24, 2.45) is 0 Å². The van der Waals surface area contributed by atoms with Gasteiger partial charge in [0.05, 0.1) is 49.8 Å². The second-order valence-corrected chi connectivity index (χ2v) is 31.6. The molecular formula is C114H72N10O. The Balaban J connectivity index is 0.000000142. The first-order valence-corrected chi connectivity index (χ1v) is 42.1. The first-order chi connectivity index (χ1) is 62.0. The summed E-state index contributed by atoms with van der Waals surface area (Å²) in [6.45, 7) is 0. The molecule has 0 aliphatic heterocycles. The van der Waals surface area contributed by atoms with E-state index in [1.165, 1.54) is 65.3 Å². The smallest absolute Gasteiger partial charge is 0.164 e. The lowest BCUT2D eigenvalue weighted by molar-refractivity contribution is 0.666. The van der Waals surface area contributed by atoms with Crippen LogP contribution in [0.1, 0.15) is 0 Å². The van der Waals surface area contributed by atoms with E-state index < -0.39 is 0 Å². The maximum Gasteiger partial charge on any atom is 0.164 e. The molecular weight excluding hydrogens is 1530 g/mol. The molecule has 0 aliphatic carbocycles. The Morgan fingerprint density at radius 3 is 0.968 bits per heavy atom. The number of hydrogen-bond acceptors (Lipinski definition) is 7. The Bertz CT molecular complexity index is 8450.